The smallest absolute Gasteiger partial charge is 0.243 e. The Kier molecular flexibility index (Phi) is 7.54. The third-order valence-electron chi connectivity index (χ3n) is 5.93. The number of rotatable bonds is 7. The van der Waals surface area contributed by atoms with Gasteiger partial charge in [-0.2, -0.15) is 4.31 Å². The highest BCUT2D eigenvalue weighted by Crippen LogP contribution is 2.24. The third-order valence-corrected chi connectivity index (χ3v) is 7.84. The van der Waals surface area contributed by atoms with E-state index in [0.29, 0.717) is 51.0 Å². The highest BCUT2D eigenvalue weighted by atomic mass is 32.2. The lowest BCUT2D eigenvalue weighted by atomic mass is 9.86. The van der Waals surface area contributed by atoms with Gasteiger partial charge in [0, 0.05) is 32.2 Å². The van der Waals surface area contributed by atoms with Crippen LogP contribution in [0.4, 0.5) is 0 Å². The number of amides is 1. The van der Waals surface area contributed by atoms with Crippen LogP contribution in [0.3, 0.4) is 0 Å². The lowest BCUT2D eigenvalue weighted by Gasteiger charge is -2.34. The molecule has 1 amide bonds. The molecule has 1 aromatic carbocycles. The van der Waals surface area contributed by atoms with Gasteiger partial charge in [-0.05, 0) is 49.9 Å². The normalized spacial score (nSPS) is 24.2. The van der Waals surface area contributed by atoms with Crippen LogP contribution in [0, 0.1) is 5.92 Å². The number of hydrogen-bond acceptors (Lipinski definition) is 5. The van der Waals surface area contributed by atoms with Crippen molar-refractivity contribution in [3.05, 3.63) is 24.3 Å². The van der Waals surface area contributed by atoms with Gasteiger partial charge in [0.15, 0.2) is 0 Å². The van der Waals surface area contributed by atoms with E-state index in [2.05, 4.69) is 12.2 Å². The van der Waals surface area contributed by atoms with Crippen LogP contribution in [0.5, 0.6) is 5.75 Å². The summed E-state index contributed by atoms with van der Waals surface area (Å²) in [5.74, 6) is 1.24. The Balaban J connectivity index is 1.49. The van der Waals surface area contributed by atoms with E-state index >= 15 is 0 Å². The second-order valence-electron chi connectivity index (χ2n) is 8.02. The second kappa shape index (κ2) is 9.91. The average Bonchev–Trinajstić information content (AvgIpc) is 2.71. The van der Waals surface area contributed by atoms with Crippen molar-refractivity contribution in [1.29, 1.82) is 0 Å². The zero-order valence-electron chi connectivity index (χ0n) is 17.5. The molecule has 2 aliphatic rings. The van der Waals surface area contributed by atoms with Gasteiger partial charge in [0.05, 0.1) is 18.0 Å². The van der Waals surface area contributed by atoms with Crippen LogP contribution in [0.15, 0.2) is 29.2 Å². The summed E-state index contributed by atoms with van der Waals surface area (Å²) >= 11 is 0. The minimum absolute atomic E-state index is 0.0478. The van der Waals surface area contributed by atoms with Crippen molar-refractivity contribution in [2.45, 2.75) is 50.5 Å². The van der Waals surface area contributed by atoms with Gasteiger partial charge < -0.3 is 10.1 Å². The van der Waals surface area contributed by atoms with Crippen molar-refractivity contribution in [1.82, 2.24) is 14.5 Å². The Labute approximate surface area is 174 Å². The summed E-state index contributed by atoms with van der Waals surface area (Å²) < 4.78 is 32.6. The van der Waals surface area contributed by atoms with Crippen molar-refractivity contribution in [3.63, 3.8) is 0 Å². The number of piperazine rings is 1. The molecule has 1 saturated heterocycles. The number of hydrogen-bond donors (Lipinski definition) is 1. The van der Waals surface area contributed by atoms with E-state index in [4.69, 9.17) is 4.74 Å². The lowest BCUT2D eigenvalue weighted by Crippen LogP contribution is -2.52. The van der Waals surface area contributed by atoms with Crippen molar-refractivity contribution >= 4 is 15.9 Å². The summed E-state index contributed by atoms with van der Waals surface area (Å²) in [4.78, 5) is 14.7. The molecule has 162 valence electrons. The largest absolute Gasteiger partial charge is 0.494 e. The molecule has 1 aromatic rings. The van der Waals surface area contributed by atoms with E-state index < -0.39 is 10.0 Å². The number of nitrogens with zero attached hydrogens (tertiary/aromatic N) is 2. The Hall–Kier alpha value is -1.64. The zero-order valence-corrected chi connectivity index (χ0v) is 18.3. The lowest BCUT2D eigenvalue weighted by molar-refractivity contribution is -0.123. The average molecular weight is 424 g/mol. The van der Waals surface area contributed by atoms with Crippen LogP contribution in [0.25, 0.3) is 0 Å². The summed E-state index contributed by atoms with van der Waals surface area (Å²) in [6.07, 6.45) is 4.66. The third kappa shape index (κ3) is 5.71. The molecule has 2 atom stereocenters. The Morgan fingerprint density at radius 3 is 2.38 bits per heavy atom. The van der Waals surface area contributed by atoms with Crippen LogP contribution in [0.2, 0.25) is 0 Å². The molecule has 0 radical (unpaired) electrons. The van der Waals surface area contributed by atoms with Gasteiger partial charge in [-0.25, -0.2) is 8.42 Å². The maximum absolute atomic E-state index is 12.9. The quantitative estimate of drug-likeness (QED) is 0.727. The first kappa shape index (κ1) is 22.1. The molecule has 3 rings (SSSR count). The number of benzene rings is 1. The molecule has 0 spiro atoms. The fraction of sp³-hybridized carbons (Fsp3) is 0.667. The summed E-state index contributed by atoms with van der Waals surface area (Å²) in [6.45, 7) is 6.87. The number of nitrogens with one attached hydrogen (secondary N) is 1. The van der Waals surface area contributed by atoms with Gasteiger partial charge >= 0.3 is 0 Å². The van der Waals surface area contributed by atoms with Crippen LogP contribution in [0.1, 0.15) is 39.5 Å². The maximum atomic E-state index is 12.9. The molecular weight excluding hydrogens is 390 g/mol. The fourth-order valence-corrected chi connectivity index (χ4v) is 5.56. The van der Waals surface area contributed by atoms with Crippen molar-refractivity contribution in [2.24, 2.45) is 5.92 Å². The molecule has 1 aliphatic carbocycles. The van der Waals surface area contributed by atoms with E-state index in [9.17, 15) is 13.2 Å². The number of ether oxygens (including phenoxy) is 1. The number of sulfonamides is 1. The van der Waals surface area contributed by atoms with Crippen molar-refractivity contribution in [3.8, 4) is 5.75 Å². The molecule has 0 aromatic heterocycles. The van der Waals surface area contributed by atoms with Gasteiger partial charge in [-0.15, -0.1) is 0 Å². The predicted octanol–water partition coefficient (Wildman–Crippen LogP) is 2.09. The molecule has 29 heavy (non-hydrogen) atoms. The summed E-state index contributed by atoms with van der Waals surface area (Å²) in [5, 5.41) is 3.17. The molecule has 7 nitrogen and oxygen atoms in total. The second-order valence-corrected chi connectivity index (χ2v) is 9.96. The first-order chi connectivity index (χ1) is 13.9. The zero-order chi connectivity index (χ0) is 20.9. The number of carbonyl (C=O) groups excluding carboxylic acids is 1. The van der Waals surface area contributed by atoms with Gasteiger partial charge in [0.25, 0.3) is 0 Å². The van der Waals surface area contributed by atoms with Crippen molar-refractivity contribution in [2.75, 3.05) is 39.3 Å². The molecule has 0 bridgehead atoms. The highest BCUT2D eigenvalue weighted by molar-refractivity contribution is 7.89. The Morgan fingerprint density at radius 2 is 1.76 bits per heavy atom. The predicted molar refractivity (Wildman–Crippen MR) is 112 cm³/mol. The molecule has 8 heteroatoms. The fourth-order valence-electron chi connectivity index (χ4n) is 4.14. The number of carbonyl (C=O) groups is 1. The Morgan fingerprint density at radius 1 is 1.10 bits per heavy atom. The first-order valence-electron chi connectivity index (χ1n) is 10.6. The molecule has 2 fully saturated rings. The van der Waals surface area contributed by atoms with E-state index in [0.717, 1.165) is 6.42 Å². The summed E-state index contributed by atoms with van der Waals surface area (Å²) in [5.41, 5.74) is 0. The highest BCUT2D eigenvalue weighted by Gasteiger charge is 2.30. The van der Waals surface area contributed by atoms with E-state index in [-0.39, 0.29) is 16.8 Å². The van der Waals surface area contributed by atoms with Gasteiger partial charge in [-0.1, -0.05) is 19.8 Å². The molecular formula is C21H33N3O4S. The van der Waals surface area contributed by atoms with Crippen LogP contribution in [-0.2, 0) is 14.8 Å². The molecule has 1 N–H and O–H groups in total. The topological polar surface area (TPSA) is 79.0 Å². The maximum Gasteiger partial charge on any atom is 0.243 e. The summed E-state index contributed by atoms with van der Waals surface area (Å²) in [7, 11) is -3.53. The van der Waals surface area contributed by atoms with Gasteiger partial charge in [0.1, 0.15) is 5.75 Å². The van der Waals surface area contributed by atoms with E-state index in [1.165, 1.54) is 23.6 Å². The molecule has 0 unspecified atom stereocenters. The SMILES string of the molecule is CCOc1ccc(S(=O)(=O)N2CCN(CC(=O)N[C@@H]3CCCC[C@H]3C)CC2)cc1. The standard InChI is InChI=1S/C21H33N3O4S/c1-3-28-18-8-10-19(11-9-18)29(26,27)24-14-12-23(13-15-24)16-21(25)22-20-7-5-4-6-17(20)2/h8-11,17,20H,3-7,12-16H2,1-2H3,(H,22,25)/t17-,20-/m1/s1. The molecule has 1 saturated carbocycles. The Bertz CT molecular complexity index is 774. The van der Waals surface area contributed by atoms with Crippen LogP contribution >= 0.6 is 0 Å². The summed E-state index contributed by atoms with van der Waals surface area (Å²) in [6, 6.07) is 6.82. The minimum Gasteiger partial charge on any atom is -0.494 e. The van der Waals surface area contributed by atoms with Crippen molar-refractivity contribution < 1.29 is 17.9 Å². The first-order valence-corrected chi connectivity index (χ1v) is 12.1. The van der Waals surface area contributed by atoms with Crippen LogP contribution < -0.4 is 10.1 Å². The van der Waals surface area contributed by atoms with Gasteiger partial charge in [-0.3, -0.25) is 9.69 Å². The van der Waals surface area contributed by atoms with E-state index in [1.807, 2.05) is 11.8 Å². The van der Waals surface area contributed by atoms with Crippen LogP contribution in [-0.4, -0.2) is 68.9 Å². The molecule has 1 aliphatic heterocycles. The van der Waals surface area contributed by atoms with E-state index in [1.54, 1.807) is 24.3 Å². The van der Waals surface area contributed by atoms with Gasteiger partial charge in [0.2, 0.25) is 15.9 Å². The minimum atomic E-state index is -3.53. The monoisotopic (exact) mass is 423 g/mol. The molecule has 1 heterocycles.